The van der Waals surface area contributed by atoms with Crippen LogP contribution in [-0.4, -0.2) is 6.04 Å². The predicted molar refractivity (Wildman–Crippen MR) is 79.8 cm³/mol. The van der Waals surface area contributed by atoms with E-state index >= 15 is 0 Å². The zero-order chi connectivity index (χ0) is 12.4. The molecule has 0 bridgehead atoms. The van der Waals surface area contributed by atoms with Crippen LogP contribution in [-0.2, 0) is 6.42 Å². The van der Waals surface area contributed by atoms with Crippen LogP contribution >= 0.6 is 27.3 Å². The monoisotopic (exact) mass is 315 g/mol. The van der Waals surface area contributed by atoms with Crippen LogP contribution < -0.4 is 5.32 Å². The van der Waals surface area contributed by atoms with Crippen molar-refractivity contribution in [3.8, 4) is 0 Å². The summed E-state index contributed by atoms with van der Waals surface area (Å²) in [7, 11) is 0. The van der Waals surface area contributed by atoms with E-state index in [1.165, 1.54) is 29.5 Å². The van der Waals surface area contributed by atoms with Gasteiger partial charge in [0.25, 0.3) is 0 Å². The number of halogens is 1. The number of fused-ring (bicyclic) bond motifs is 1. The van der Waals surface area contributed by atoms with Crippen molar-refractivity contribution < 1.29 is 0 Å². The van der Waals surface area contributed by atoms with Gasteiger partial charge in [-0.2, -0.15) is 0 Å². The summed E-state index contributed by atoms with van der Waals surface area (Å²) in [5.41, 5.74) is 1.55. The van der Waals surface area contributed by atoms with E-state index in [0.717, 1.165) is 0 Å². The lowest BCUT2D eigenvalue weighted by Gasteiger charge is -2.30. The first-order chi connectivity index (χ1) is 8.11. The maximum Gasteiger partial charge on any atom is 0.0704 e. The molecule has 0 saturated carbocycles. The van der Waals surface area contributed by atoms with Gasteiger partial charge in [-0.05, 0) is 59.2 Å². The summed E-state index contributed by atoms with van der Waals surface area (Å²) in [5.74, 6) is 0.715. The van der Waals surface area contributed by atoms with Crippen LogP contribution in [0.1, 0.15) is 56.5 Å². The number of hydrogen-bond donors (Lipinski definition) is 1. The molecule has 1 aliphatic rings. The molecule has 96 valence electrons. The molecule has 0 saturated heterocycles. The molecule has 0 radical (unpaired) electrons. The van der Waals surface area contributed by atoms with Gasteiger partial charge in [-0.1, -0.05) is 20.8 Å². The highest BCUT2D eigenvalue weighted by atomic mass is 79.9. The van der Waals surface area contributed by atoms with E-state index in [2.05, 4.69) is 48.1 Å². The van der Waals surface area contributed by atoms with Crippen molar-refractivity contribution in [2.75, 3.05) is 0 Å². The zero-order valence-electron chi connectivity index (χ0n) is 10.9. The van der Waals surface area contributed by atoms with E-state index in [0.29, 0.717) is 18.0 Å². The summed E-state index contributed by atoms with van der Waals surface area (Å²) in [5, 5.41) is 3.86. The molecule has 1 aliphatic carbocycles. The Balaban J connectivity index is 2.12. The number of hydrogen-bond acceptors (Lipinski definition) is 2. The molecule has 0 aromatic carbocycles. The summed E-state index contributed by atoms with van der Waals surface area (Å²) in [6.07, 6.45) is 5.10. The first-order valence-corrected chi connectivity index (χ1v) is 8.27. The predicted octanol–water partition coefficient (Wildman–Crippen LogP) is 4.91. The van der Waals surface area contributed by atoms with Crippen molar-refractivity contribution in [2.45, 2.75) is 58.5 Å². The van der Waals surface area contributed by atoms with Gasteiger partial charge in [-0.15, -0.1) is 11.3 Å². The molecule has 17 heavy (non-hydrogen) atoms. The van der Waals surface area contributed by atoms with Gasteiger partial charge in [-0.25, -0.2) is 0 Å². The van der Waals surface area contributed by atoms with Gasteiger partial charge in [-0.3, -0.25) is 0 Å². The first kappa shape index (κ1) is 13.6. The largest absolute Gasteiger partial charge is 0.307 e. The highest BCUT2D eigenvalue weighted by Gasteiger charge is 2.25. The number of nitrogens with one attached hydrogen (secondary N) is 1. The zero-order valence-corrected chi connectivity index (χ0v) is 13.3. The van der Waals surface area contributed by atoms with Crippen molar-refractivity contribution in [1.29, 1.82) is 0 Å². The smallest absolute Gasteiger partial charge is 0.0704 e. The van der Waals surface area contributed by atoms with Gasteiger partial charge in [0.05, 0.1) is 3.79 Å². The standard InChI is InChI=1S/C14H22BrNS/c1-4-11(9(2)3)16-12-6-5-7-13-10(12)8-14(15)17-13/h8-9,11-12,16H,4-7H2,1-3H3. The van der Waals surface area contributed by atoms with Crippen LogP contribution in [0.2, 0.25) is 0 Å². The maximum atomic E-state index is 3.86. The Labute approximate surface area is 117 Å². The van der Waals surface area contributed by atoms with Crippen LogP contribution in [0.3, 0.4) is 0 Å². The van der Waals surface area contributed by atoms with E-state index in [4.69, 9.17) is 0 Å². The van der Waals surface area contributed by atoms with Crippen LogP contribution in [0.5, 0.6) is 0 Å². The number of aryl methyl sites for hydroxylation is 1. The number of rotatable bonds is 4. The quantitative estimate of drug-likeness (QED) is 0.832. The lowest BCUT2D eigenvalue weighted by molar-refractivity contribution is 0.326. The molecule has 1 N–H and O–H groups in total. The van der Waals surface area contributed by atoms with Gasteiger partial charge in [0.1, 0.15) is 0 Å². The molecule has 1 nitrogen and oxygen atoms in total. The van der Waals surface area contributed by atoms with E-state index in [1.54, 1.807) is 10.4 Å². The molecule has 2 unspecified atom stereocenters. The third-order valence-corrected chi connectivity index (χ3v) is 5.46. The van der Waals surface area contributed by atoms with Crippen LogP contribution in [0.15, 0.2) is 9.85 Å². The first-order valence-electron chi connectivity index (χ1n) is 6.66. The Morgan fingerprint density at radius 3 is 2.94 bits per heavy atom. The molecule has 1 aromatic heterocycles. The van der Waals surface area contributed by atoms with E-state index in [1.807, 2.05) is 11.3 Å². The Kier molecular flexibility index (Phi) is 4.67. The number of thiophene rings is 1. The van der Waals surface area contributed by atoms with Crippen LogP contribution in [0.25, 0.3) is 0 Å². The molecule has 0 fully saturated rings. The second kappa shape index (κ2) is 5.85. The highest BCUT2D eigenvalue weighted by Crippen LogP contribution is 2.38. The summed E-state index contributed by atoms with van der Waals surface area (Å²) >= 11 is 5.54. The van der Waals surface area contributed by atoms with Gasteiger partial charge in [0.15, 0.2) is 0 Å². The summed E-state index contributed by atoms with van der Waals surface area (Å²) in [6, 6.07) is 3.54. The Morgan fingerprint density at radius 1 is 1.53 bits per heavy atom. The third kappa shape index (κ3) is 3.12. The van der Waals surface area contributed by atoms with Crippen LogP contribution in [0, 0.1) is 5.92 Å². The Bertz CT molecular complexity index is 372. The second-order valence-electron chi connectivity index (χ2n) is 5.30. The van der Waals surface area contributed by atoms with Crippen molar-refractivity contribution in [3.63, 3.8) is 0 Å². The van der Waals surface area contributed by atoms with Gasteiger partial charge in [0, 0.05) is 17.0 Å². The molecule has 3 heteroatoms. The minimum atomic E-state index is 0.577. The van der Waals surface area contributed by atoms with Gasteiger partial charge >= 0.3 is 0 Å². The van der Waals surface area contributed by atoms with Gasteiger partial charge < -0.3 is 5.32 Å². The lowest BCUT2D eigenvalue weighted by Crippen LogP contribution is -2.37. The molecule has 1 aromatic rings. The maximum absolute atomic E-state index is 3.86. The highest BCUT2D eigenvalue weighted by molar-refractivity contribution is 9.11. The van der Waals surface area contributed by atoms with Gasteiger partial charge in [0.2, 0.25) is 0 Å². The van der Waals surface area contributed by atoms with E-state index in [-0.39, 0.29) is 0 Å². The minimum Gasteiger partial charge on any atom is -0.307 e. The topological polar surface area (TPSA) is 12.0 Å². The Morgan fingerprint density at radius 2 is 2.29 bits per heavy atom. The fourth-order valence-corrected chi connectivity index (χ4v) is 4.55. The fourth-order valence-electron chi connectivity index (χ4n) is 2.73. The molecular formula is C14H22BrNS. The average Bonchev–Trinajstić information content (AvgIpc) is 2.66. The molecule has 2 atom stereocenters. The van der Waals surface area contributed by atoms with Crippen molar-refractivity contribution in [3.05, 3.63) is 20.3 Å². The summed E-state index contributed by atoms with van der Waals surface area (Å²) < 4.78 is 1.29. The molecular weight excluding hydrogens is 294 g/mol. The molecule has 2 rings (SSSR count). The van der Waals surface area contributed by atoms with E-state index < -0.39 is 0 Å². The average molecular weight is 316 g/mol. The van der Waals surface area contributed by atoms with Crippen LogP contribution in [0.4, 0.5) is 0 Å². The second-order valence-corrected chi connectivity index (χ2v) is 7.82. The van der Waals surface area contributed by atoms with Crippen molar-refractivity contribution in [2.24, 2.45) is 5.92 Å². The fraction of sp³-hybridized carbons (Fsp3) is 0.714. The van der Waals surface area contributed by atoms with Crippen molar-refractivity contribution in [1.82, 2.24) is 5.32 Å². The molecule has 1 heterocycles. The SMILES string of the molecule is CCC(NC1CCCc2sc(Br)cc21)C(C)C. The normalized spacial score (nSPS) is 21.6. The summed E-state index contributed by atoms with van der Waals surface area (Å²) in [6.45, 7) is 6.91. The minimum absolute atomic E-state index is 0.577. The molecule has 0 amide bonds. The lowest BCUT2D eigenvalue weighted by atomic mass is 9.91. The Hall–Kier alpha value is 0.140. The van der Waals surface area contributed by atoms with E-state index in [9.17, 15) is 0 Å². The molecule has 0 spiro atoms. The third-order valence-electron chi connectivity index (χ3n) is 3.74. The summed E-state index contributed by atoms with van der Waals surface area (Å²) in [4.78, 5) is 1.58. The molecule has 0 aliphatic heterocycles. The van der Waals surface area contributed by atoms with Crippen molar-refractivity contribution >= 4 is 27.3 Å².